The van der Waals surface area contributed by atoms with Gasteiger partial charge in [0.2, 0.25) is 0 Å². The molecule has 5 N–H and O–H groups in total. The van der Waals surface area contributed by atoms with Crippen molar-refractivity contribution in [2.75, 3.05) is 32.8 Å². The maximum Gasteiger partial charge on any atom is 0.335 e. The number of benzene rings is 1. The second kappa shape index (κ2) is 13.3. The number of carboxylic acids is 2. The minimum absolute atomic E-state index is 0.604. The van der Waals surface area contributed by atoms with E-state index in [2.05, 4.69) is 10.2 Å². The molecule has 0 bridgehead atoms. The van der Waals surface area contributed by atoms with Gasteiger partial charge in [0.1, 0.15) is 0 Å². The summed E-state index contributed by atoms with van der Waals surface area (Å²) in [5.74, 6) is -2.79. The number of aliphatic hydroxyl groups is 2. The molecule has 0 radical (unpaired) electrons. The molecule has 2 aliphatic heterocycles. The summed E-state index contributed by atoms with van der Waals surface area (Å²) in [5.41, 5.74) is 1.20. The van der Waals surface area contributed by atoms with Crippen molar-refractivity contribution >= 4 is 35.1 Å². The van der Waals surface area contributed by atoms with Gasteiger partial charge in [-0.15, -0.1) is 0 Å². The van der Waals surface area contributed by atoms with E-state index in [1.165, 1.54) is 12.0 Å². The van der Waals surface area contributed by atoms with Gasteiger partial charge in [0, 0.05) is 42.4 Å². The zero-order valence-electron chi connectivity index (χ0n) is 17.6. The molecule has 0 saturated carbocycles. The average Bonchev–Trinajstić information content (AvgIpc) is 3.25. The van der Waals surface area contributed by atoms with Crippen molar-refractivity contribution in [3.05, 3.63) is 33.8 Å². The smallest absolute Gasteiger partial charge is 0.335 e. The Kier molecular flexibility index (Phi) is 11.1. The van der Waals surface area contributed by atoms with Gasteiger partial charge in [-0.1, -0.05) is 23.2 Å². The quantitative estimate of drug-likeness (QED) is 0.364. The molecular weight excluding hydrogens is 463 g/mol. The molecule has 0 amide bonds. The van der Waals surface area contributed by atoms with Gasteiger partial charge in [-0.05, 0) is 62.0 Å². The zero-order chi connectivity index (χ0) is 23.7. The number of ether oxygens (including phenoxy) is 1. The standard InChI is InChI=1S/C17H24Cl2N2O.C4H6O6/c18-15-7-14(8-16(19)9-15)12-21(11-13-1-4-20-10-13)17-2-5-22-6-3-17;5-1(3(7)8)2(6)4(9)10/h7-9,13,17,20H,1-6,10-12H2;1-2,5-6H,(H,7,8)(H,9,10)/t13-;1-,2-/m01/s1. The Bertz CT molecular complexity index is 717. The molecule has 0 unspecified atom stereocenters. The second-order valence-electron chi connectivity index (χ2n) is 7.98. The summed E-state index contributed by atoms with van der Waals surface area (Å²) in [6.45, 7) is 6.09. The fraction of sp³-hybridized carbons (Fsp3) is 0.619. The van der Waals surface area contributed by atoms with Crippen LogP contribution in [-0.4, -0.2) is 88.4 Å². The van der Waals surface area contributed by atoms with Crippen molar-refractivity contribution in [3.63, 3.8) is 0 Å². The number of carbonyl (C=O) groups is 2. The van der Waals surface area contributed by atoms with Crippen LogP contribution in [0.25, 0.3) is 0 Å². The summed E-state index contributed by atoms with van der Waals surface area (Å²) < 4.78 is 5.53. The molecule has 2 aliphatic rings. The lowest BCUT2D eigenvalue weighted by Gasteiger charge is -2.36. The Balaban J connectivity index is 0.000000309. The lowest BCUT2D eigenvalue weighted by atomic mass is 10.0. The van der Waals surface area contributed by atoms with E-state index in [9.17, 15) is 9.59 Å². The predicted molar refractivity (Wildman–Crippen MR) is 119 cm³/mol. The maximum atomic E-state index is 9.77. The van der Waals surface area contributed by atoms with E-state index in [4.69, 9.17) is 48.4 Å². The van der Waals surface area contributed by atoms with Crippen LogP contribution in [0.2, 0.25) is 10.0 Å². The number of hydrogen-bond donors (Lipinski definition) is 5. The molecule has 2 heterocycles. The molecule has 180 valence electrons. The van der Waals surface area contributed by atoms with Gasteiger partial charge in [-0.3, -0.25) is 4.90 Å². The molecule has 3 atom stereocenters. The number of hydrogen-bond acceptors (Lipinski definition) is 7. The Morgan fingerprint density at radius 1 is 1.03 bits per heavy atom. The summed E-state index contributed by atoms with van der Waals surface area (Å²) in [4.78, 5) is 22.2. The summed E-state index contributed by atoms with van der Waals surface area (Å²) in [7, 11) is 0. The predicted octanol–water partition coefficient (Wildman–Crippen LogP) is 1.46. The Labute approximate surface area is 196 Å². The first-order valence-corrected chi connectivity index (χ1v) is 11.2. The summed E-state index contributed by atoms with van der Waals surface area (Å²) >= 11 is 12.3. The SMILES string of the molecule is Clc1cc(Cl)cc(CN(C[C@H]2CCNC2)C2CCOCC2)c1.O=C(O)[C@H](O)[C@@H](O)C(=O)O. The van der Waals surface area contributed by atoms with E-state index < -0.39 is 24.1 Å². The van der Waals surface area contributed by atoms with Crippen LogP contribution in [0.4, 0.5) is 0 Å². The second-order valence-corrected chi connectivity index (χ2v) is 8.85. The minimum Gasteiger partial charge on any atom is -0.479 e. The van der Waals surface area contributed by atoms with Gasteiger partial charge in [0.05, 0.1) is 0 Å². The molecule has 1 aromatic rings. The maximum absolute atomic E-state index is 9.77. The van der Waals surface area contributed by atoms with Crippen LogP contribution in [-0.2, 0) is 20.9 Å². The van der Waals surface area contributed by atoms with Crippen LogP contribution in [0.5, 0.6) is 0 Å². The molecule has 9 nitrogen and oxygen atoms in total. The van der Waals surface area contributed by atoms with Gasteiger partial charge in [-0.2, -0.15) is 0 Å². The summed E-state index contributed by atoms with van der Waals surface area (Å²) in [6.07, 6.45) is -1.02. The third kappa shape index (κ3) is 8.82. The third-order valence-electron chi connectivity index (χ3n) is 5.48. The number of rotatable bonds is 8. The first-order chi connectivity index (χ1) is 15.2. The molecule has 3 rings (SSSR count). The average molecular weight is 493 g/mol. The summed E-state index contributed by atoms with van der Waals surface area (Å²) in [5, 5.41) is 37.4. The van der Waals surface area contributed by atoms with Gasteiger partial charge in [0.25, 0.3) is 0 Å². The van der Waals surface area contributed by atoms with E-state index in [1.807, 2.05) is 12.1 Å². The van der Waals surface area contributed by atoms with Crippen molar-refractivity contribution in [2.45, 2.75) is 44.1 Å². The lowest BCUT2D eigenvalue weighted by molar-refractivity contribution is -0.165. The van der Waals surface area contributed by atoms with Crippen LogP contribution >= 0.6 is 23.2 Å². The van der Waals surface area contributed by atoms with E-state index in [1.54, 1.807) is 6.07 Å². The number of nitrogens with one attached hydrogen (secondary N) is 1. The van der Waals surface area contributed by atoms with Crippen LogP contribution in [0.1, 0.15) is 24.8 Å². The highest BCUT2D eigenvalue weighted by Crippen LogP contribution is 2.24. The van der Waals surface area contributed by atoms with Crippen LogP contribution < -0.4 is 5.32 Å². The third-order valence-corrected chi connectivity index (χ3v) is 5.91. The first-order valence-electron chi connectivity index (χ1n) is 10.5. The molecule has 1 aromatic carbocycles. The molecule has 0 aliphatic carbocycles. The monoisotopic (exact) mass is 492 g/mol. The highest BCUT2D eigenvalue weighted by molar-refractivity contribution is 6.34. The number of aliphatic hydroxyl groups excluding tert-OH is 2. The van der Waals surface area contributed by atoms with E-state index >= 15 is 0 Å². The highest BCUT2D eigenvalue weighted by atomic mass is 35.5. The highest BCUT2D eigenvalue weighted by Gasteiger charge is 2.29. The van der Waals surface area contributed by atoms with Gasteiger partial charge >= 0.3 is 11.9 Å². The van der Waals surface area contributed by atoms with E-state index in [0.29, 0.717) is 6.04 Å². The Morgan fingerprint density at radius 3 is 2.06 bits per heavy atom. The molecule has 11 heteroatoms. The van der Waals surface area contributed by atoms with Crippen LogP contribution in [0, 0.1) is 5.92 Å². The van der Waals surface area contributed by atoms with Crippen LogP contribution in [0.15, 0.2) is 18.2 Å². The topological polar surface area (TPSA) is 140 Å². The van der Waals surface area contributed by atoms with Crippen molar-refractivity contribution in [3.8, 4) is 0 Å². The Hall–Kier alpha value is -1.46. The molecule has 0 spiro atoms. The van der Waals surface area contributed by atoms with Crippen molar-refractivity contribution < 1.29 is 34.8 Å². The van der Waals surface area contributed by atoms with Gasteiger partial charge < -0.3 is 30.5 Å². The van der Waals surface area contributed by atoms with Crippen molar-refractivity contribution in [1.29, 1.82) is 0 Å². The fourth-order valence-electron chi connectivity index (χ4n) is 3.80. The van der Waals surface area contributed by atoms with Crippen molar-refractivity contribution in [1.82, 2.24) is 10.2 Å². The summed E-state index contributed by atoms with van der Waals surface area (Å²) in [6, 6.07) is 6.47. The fourth-order valence-corrected chi connectivity index (χ4v) is 4.37. The van der Waals surface area contributed by atoms with Crippen LogP contribution in [0.3, 0.4) is 0 Å². The minimum atomic E-state index is -2.27. The van der Waals surface area contributed by atoms with Crippen molar-refractivity contribution in [2.24, 2.45) is 5.92 Å². The number of halogens is 2. The molecule has 32 heavy (non-hydrogen) atoms. The molecular formula is C21H30Cl2N2O7. The number of nitrogens with zero attached hydrogens (tertiary/aromatic N) is 1. The number of aliphatic carboxylic acids is 2. The Morgan fingerprint density at radius 2 is 1.59 bits per heavy atom. The first kappa shape index (κ1) is 26.8. The van der Waals surface area contributed by atoms with E-state index in [0.717, 1.165) is 68.2 Å². The zero-order valence-corrected chi connectivity index (χ0v) is 19.1. The molecule has 2 saturated heterocycles. The number of carboxylic acid groups (broad SMARTS) is 2. The van der Waals surface area contributed by atoms with E-state index in [-0.39, 0.29) is 0 Å². The molecule has 0 aromatic heterocycles. The van der Waals surface area contributed by atoms with Gasteiger partial charge in [-0.25, -0.2) is 9.59 Å². The molecule has 2 fully saturated rings. The lowest BCUT2D eigenvalue weighted by Crippen LogP contribution is -2.42. The largest absolute Gasteiger partial charge is 0.479 e. The normalized spacial score (nSPS) is 21.0. The van der Waals surface area contributed by atoms with Gasteiger partial charge in [0.15, 0.2) is 12.2 Å².